The van der Waals surface area contributed by atoms with Crippen LogP contribution in [-0.4, -0.2) is 25.0 Å². The Morgan fingerprint density at radius 1 is 1.25 bits per heavy atom. The van der Waals surface area contributed by atoms with Crippen LogP contribution in [0.15, 0.2) is 0 Å². The first-order valence-electron chi connectivity index (χ1n) is 5.41. The Morgan fingerprint density at radius 3 is 2.25 bits per heavy atom. The second-order valence-corrected chi connectivity index (χ2v) is 3.84. The van der Waals surface area contributed by atoms with Crippen molar-refractivity contribution in [1.29, 1.82) is 0 Å². The first kappa shape index (κ1) is 12.0. The summed E-state index contributed by atoms with van der Waals surface area (Å²) in [4.78, 5) is 2.46. The maximum atomic E-state index is 2.46. The molecule has 0 spiro atoms. The van der Waals surface area contributed by atoms with Crippen molar-refractivity contribution in [2.45, 2.75) is 40.5 Å². The minimum atomic E-state index is 0.920. The topological polar surface area (TPSA) is 3.24 Å². The maximum absolute atomic E-state index is 2.46. The molecule has 1 fully saturated rings. The summed E-state index contributed by atoms with van der Waals surface area (Å²) >= 11 is 0. The standard InChI is InChI=1S/C9H19N.C2H6/c1-4-9-5-8(2)6-10(3)7-9;1-2/h8-9H,4-7H2,1-3H3;1-2H3. The van der Waals surface area contributed by atoms with Crippen LogP contribution in [0.1, 0.15) is 40.5 Å². The molecule has 1 nitrogen and oxygen atoms in total. The molecule has 0 aromatic heterocycles. The normalized spacial score (nSPS) is 30.8. The van der Waals surface area contributed by atoms with E-state index in [-0.39, 0.29) is 0 Å². The highest BCUT2D eigenvalue weighted by Gasteiger charge is 2.20. The molecule has 1 rings (SSSR count). The smallest absolute Gasteiger partial charge is 0.000673 e. The molecule has 1 heteroatoms. The van der Waals surface area contributed by atoms with Crippen molar-refractivity contribution in [3.8, 4) is 0 Å². The highest BCUT2D eigenvalue weighted by molar-refractivity contribution is 4.73. The fourth-order valence-electron chi connectivity index (χ4n) is 2.06. The van der Waals surface area contributed by atoms with Gasteiger partial charge in [0.25, 0.3) is 0 Å². The van der Waals surface area contributed by atoms with Gasteiger partial charge in [-0.15, -0.1) is 0 Å². The Labute approximate surface area is 78.1 Å². The van der Waals surface area contributed by atoms with E-state index in [2.05, 4.69) is 25.8 Å². The van der Waals surface area contributed by atoms with Crippen LogP contribution in [0.2, 0.25) is 0 Å². The summed E-state index contributed by atoms with van der Waals surface area (Å²) in [6.07, 6.45) is 2.80. The number of nitrogens with zero attached hydrogens (tertiary/aromatic N) is 1. The van der Waals surface area contributed by atoms with E-state index in [9.17, 15) is 0 Å². The third-order valence-corrected chi connectivity index (χ3v) is 2.51. The van der Waals surface area contributed by atoms with Gasteiger partial charge in [0.15, 0.2) is 0 Å². The SMILES string of the molecule is CC.CCC1CC(C)CN(C)C1. The van der Waals surface area contributed by atoms with Crippen molar-refractivity contribution < 1.29 is 0 Å². The lowest BCUT2D eigenvalue weighted by Gasteiger charge is -2.33. The van der Waals surface area contributed by atoms with Gasteiger partial charge in [0.1, 0.15) is 0 Å². The van der Waals surface area contributed by atoms with Crippen LogP contribution in [0.25, 0.3) is 0 Å². The van der Waals surface area contributed by atoms with Crippen molar-refractivity contribution in [3.63, 3.8) is 0 Å². The minimum Gasteiger partial charge on any atom is -0.306 e. The molecule has 0 radical (unpaired) electrons. The van der Waals surface area contributed by atoms with E-state index >= 15 is 0 Å². The molecule has 2 unspecified atom stereocenters. The van der Waals surface area contributed by atoms with Gasteiger partial charge < -0.3 is 4.90 Å². The Balaban J connectivity index is 0.000000561. The monoisotopic (exact) mass is 171 g/mol. The summed E-state index contributed by atoms with van der Waals surface area (Å²) in [6, 6.07) is 0. The van der Waals surface area contributed by atoms with E-state index in [0.717, 1.165) is 11.8 Å². The van der Waals surface area contributed by atoms with Crippen LogP contribution in [0, 0.1) is 11.8 Å². The van der Waals surface area contributed by atoms with Crippen LogP contribution in [0.5, 0.6) is 0 Å². The van der Waals surface area contributed by atoms with Gasteiger partial charge in [-0.25, -0.2) is 0 Å². The Hall–Kier alpha value is -0.0400. The lowest BCUT2D eigenvalue weighted by molar-refractivity contribution is 0.158. The Bertz CT molecular complexity index is 91.2. The molecular formula is C11H25N. The highest BCUT2D eigenvalue weighted by Crippen LogP contribution is 2.22. The van der Waals surface area contributed by atoms with E-state index in [1.54, 1.807) is 0 Å². The summed E-state index contributed by atoms with van der Waals surface area (Å²) in [5.41, 5.74) is 0. The fraction of sp³-hybridized carbons (Fsp3) is 1.00. The highest BCUT2D eigenvalue weighted by atomic mass is 15.1. The molecule has 0 aliphatic carbocycles. The molecule has 0 N–H and O–H groups in total. The number of piperidine rings is 1. The molecule has 1 aliphatic rings. The van der Waals surface area contributed by atoms with Crippen LogP contribution < -0.4 is 0 Å². The van der Waals surface area contributed by atoms with Gasteiger partial charge in [-0.2, -0.15) is 0 Å². The summed E-state index contributed by atoms with van der Waals surface area (Å²) in [5.74, 6) is 1.89. The summed E-state index contributed by atoms with van der Waals surface area (Å²) < 4.78 is 0. The third kappa shape index (κ3) is 4.10. The molecule has 12 heavy (non-hydrogen) atoms. The summed E-state index contributed by atoms with van der Waals surface area (Å²) in [7, 11) is 2.23. The van der Waals surface area contributed by atoms with Gasteiger partial charge >= 0.3 is 0 Å². The predicted octanol–water partition coefficient (Wildman–Crippen LogP) is 3.01. The molecule has 1 saturated heterocycles. The lowest BCUT2D eigenvalue weighted by Crippen LogP contribution is -2.36. The van der Waals surface area contributed by atoms with Crippen LogP contribution >= 0.6 is 0 Å². The van der Waals surface area contributed by atoms with E-state index in [1.165, 1.54) is 25.9 Å². The van der Waals surface area contributed by atoms with E-state index < -0.39 is 0 Å². The first-order chi connectivity index (χ1) is 5.72. The van der Waals surface area contributed by atoms with Crippen molar-refractivity contribution in [3.05, 3.63) is 0 Å². The fourth-order valence-corrected chi connectivity index (χ4v) is 2.06. The number of hydrogen-bond acceptors (Lipinski definition) is 1. The predicted molar refractivity (Wildman–Crippen MR) is 56.4 cm³/mol. The average molecular weight is 171 g/mol. The molecule has 74 valence electrons. The largest absolute Gasteiger partial charge is 0.306 e. The number of likely N-dealkylation sites (tertiary alicyclic amines) is 1. The zero-order valence-electron chi connectivity index (χ0n) is 9.43. The number of rotatable bonds is 1. The van der Waals surface area contributed by atoms with E-state index in [0.29, 0.717) is 0 Å². The average Bonchev–Trinajstić information content (AvgIpc) is 2.06. The van der Waals surface area contributed by atoms with Crippen molar-refractivity contribution in [2.75, 3.05) is 20.1 Å². The van der Waals surface area contributed by atoms with Gasteiger partial charge in [-0.05, 0) is 25.3 Å². The minimum absolute atomic E-state index is 0.920. The van der Waals surface area contributed by atoms with E-state index in [4.69, 9.17) is 0 Å². The maximum Gasteiger partial charge on any atom is 0.000673 e. The number of hydrogen-bond donors (Lipinski definition) is 0. The molecule has 2 atom stereocenters. The Morgan fingerprint density at radius 2 is 1.83 bits per heavy atom. The zero-order valence-corrected chi connectivity index (χ0v) is 9.43. The van der Waals surface area contributed by atoms with Crippen molar-refractivity contribution in [1.82, 2.24) is 4.90 Å². The third-order valence-electron chi connectivity index (χ3n) is 2.51. The van der Waals surface area contributed by atoms with Crippen molar-refractivity contribution in [2.24, 2.45) is 11.8 Å². The van der Waals surface area contributed by atoms with Gasteiger partial charge in [0.2, 0.25) is 0 Å². The molecule has 1 aliphatic heterocycles. The molecule has 0 amide bonds. The van der Waals surface area contributed by atoms with Crippen molar-refractivity contribution >= 4 is 0 Å². The first-order valence-corrected chi connectivity index (χ1v) is 5.41. The lowest BCUT2D eigenvalue weighted by atomic mass is 9.89. The second kappa shape index (κ2) is 6.47. The molecule has 0 saturated carbocycles. The van der Waals surface area contributed by atoms with Gasteiger partial charge in [-0.3, -0.25) is 0 Å². The molecule has 0 bridgehead atoms. The second-order valence-electron chi connectivity index (χ2n) is 3.84. The molecular weight excluding hydrogens is 146 g/mol. The van der Waals surface area contributed by atoms with Gasteiger partial charge in [0, 0.05) is 13.1 Å². The van der Waals surface area contributed by atoms with Crippen LogP contribution in [0.4, 0.5) is 0 Å². The Kier molecular flexibility index (Phi) is 6.45. The van der Waals surface area contributed by atoms with Gasteiger partial charge in [0.05, 0.1) is 0 Å². The van der Waals surface area contributed by atoms with E-state index in [1.807, 2.05) is 13.8 Å². The molecule has 0 aromatic carbocycles. The molecule has 0 aromatic rings. The summed E-state index contributed by atoms with van der Waals surface area (Å²) in [5, 5.41) is 0. The quantitative estimate of drug-likeness (QED) is 0.586. The zero-order chi connectivity index (χ0) is 9.56. The molecule has 1 heterocycles. The van der Waals surface area contributed by atoms with Crippen LogP contribution in [0.3, 0.4) is 0 Å². The van der Waals surface area contributed by atoms with Crippen LogP contribution in [-0.2, 0) is 0 Å². The van der Waals surface area contributed by atoms with Gasteiger partial charge in [-0.1, -0.05) is 34.1 Å². The summed E-state index contributed by atoms with van der Waals surface area (Å²) in [6.45, 7) is 11.3.